The number of hydrogen-bond donors (Lipinski definition) is 1. The Labute approximate surface area is 168 Å². The van der Waals surface area contributed by atoms with Gasteiger partial charge < -0.3 is 14.8 Å². The summed E-state index contributed by atoms with van der Waals surface area (Å²) in [7, 11) is 0. The van der Waals surface area contributed by atoms with E-state index in [2.05, 4.69) is 27.0 Å². The molecule has 0 spiro atoms. The predicted molar refractivity (Wildman–Crippen MR) is 110 cm³/mol. The number of carbonyl (C=O) groups is 2. The van der Waals surface area contributed by atoms with Crippen LogP contribution in [0.4, 0.5) is 11.4 Å². The number of nitrogens with one attached hydrogen (secondary N) is 1. The molecule has 2 heterocycles. The second-order valence-electron chi connectivity index (χ2n) is 7.20. The molecule has 0 bridgehead atoms. The van der Waals surface area contributed by atoms with E-state index in [-0.39, 0.29) is 11.8 Å². The van der Waals surface area contributed by atoms with E-state index in [1.165, 1.54) is 12.8 Å². The summed E-state index contributed by atoms with van der Waals surface area (Å²) in [4.78, 5) is 25.8. The summed E-state index contributed by atoms with van der Waals surface area (Å²) in [6.07, 6.45) is 4.34. The van der Waals surface area contributed by atoms with Crippen molar-refractivity contribution in [2.45, 2.75) is 56.6 Å². The fraction of sp³-hybridized carbons (Fsp3) is 0.500. The summed E-state index contributed by atoms with van der Waals surface area (Å²) in [5.41, 5.74) is 1.64. The Morgan fingerprint density at radius 3 is 2.68 bits per heavy atom. The molecule has 0 atom stereocenters. The summed E-state index contributed by atoms with van der Waals surface area (Å²) < 4.78 is 2.17. The number of anilines is 2. The van der Waals surface area contributed by atoms with Gasteiger partial charge in [-0.3, -0.25) is 9.59 Å². The monoisotopic (exact) mass is 399 g/mol. The number of thioether (sulfide) groups is 1. The molecule has 8 heteroatoms. The molecule has 148 valence electrons. The Kier molecular flexibility index (Phi) is 5.66. The normalized spacial score (nSPS) is 16.6. The molecule has 1 N–H and O–H groups in total. The van der Waals surface area contributed by atoms with Crippen LogP contribution in [0.25, 0.3) is 0 Å². The van der Waals surface area contributed by atoms with Crippen LogP contribution >= 0.6 is 11.8 Å². The lowest BCUT2D eigenvalue weighted by molar-refractivity contribution is -0.117. The van der Waals surface area contributed by atoms with Crippen molar-refractivity contribution in [1.82, 2.24) is 14.8 Å². The zero-order valence-corrected chi connectivity index (χ0v) is 16.9. The highest BCUT2D eigenvalue weighted by Gasteiger charge is 2.30. The molecule has 2 amide bonds. The predicted octanol–water partition coefficient (Wildman–Crippen LogP) is 3.42. The molecule has 0 radical (unpaired) electrons. The fourth-order valence-electron chi connectivity index (χ4n) is 3.45. The van der Waals surface area contributed by atoms with Crippen LogP contribution in [0.1, 0.15) is 50.8 Å². The van der Waals surface area contributed by atoms with Crippen LogP contribution < -0.4 is 10.2 Å². The molecule has 1 aliphatic carbocycles. The van der Waals surface area contributed by atoms with Crippen molar-refractivity contribution < 1.29 is 9.59 Å². The average Bonchev–Trinajstić information content (AvgIpc) is 3.32. The van der Waals surface area contributed by atoms with Crippen molar-refractivity contribution in [3.8, 4) is 0 Å². The van der Waals surface area contributed by atoms with Gasteiger partial charge in [0.25, 0.3) is 0 Å². The van der Waals surface area contributed by atoms with Crippen LogP contribution in [0.2, 0.25) is 0 Å². The summed E-state index contributed by atoms with van der Waals surface area (Å²) in [5.74, 6) is 2.46. The maximum atomic E-state index is 12.2. The van der Waals surface area contributed by atoms with Crippen LogP contribution in [-0.4, -0.2) is 38.9 Å². The molecule has 1 saturated carbocycles. The Hall–Kier alpha value is -2.35. The molecular weight excluding hydrogens is 374 g/mol. The maximum Gasteiger partial charge on any atom is 0.227 e. The lowest BCUT2D eigenvalue weighted by atomic mass is 10.2. The van der Waals surface area contributed by atoms with Gasteiger partial charge in [0.1, 0.15) is 5.82 Å². The highest BCUT2D eigenvalue weighted by atomic mass is 32.2. The van der Waals surface area contributed by atoms with E-state index < -0.39 is 0 Å². The van der Waals surface area contributed by atoms with Gasteiger partial charge in [0.15, 0.2) is 5.16 Å². The smallest absolute Gasteiger partial charge is 0.227 e. The minimum absolute atomic E-state index is 0.0255. The molecule has 1 aromatic carbocycles. The second-order valence-corrected chi connectivity index (χ2v) is 8.26. The Morgan fingerprint density at radius 1 is 1.25 bits per heavy atom. The maximum absolute atomic E-state index is 12.2. The molecule has 0 unspecified atom stereocenters. The third-order valence-corrected chi connectivity index (χ3v) is 6.07. The van der Waals surface area contributed by atoms with Gasteiger partial charge in [-0.25, -0.2) is 0 Å². The molecule has 1 aromatic heterocycles. The summed E-state index contributed by atoms with van der Waals surface area (Å²) >= 11 is 1.58. The van der Waals surface area contributed by atoms with Gasteiger partial charge in [0.2, 0.25) is 11.8 Å². The topological polar surface area (TPSA) is 80.1 Å². The Bertz CT molecular complexity index is 860. The first-order chi connectivity index (χ1) is 13.7. The Balaban J connectivity index is 1.26. The average molecular weight is 400 g/mol. The number of benzene rings is 1. The van der Waals surface area contributed by atoms with Crippen molar-refractivity contribution in [1.29, 1.82) is 0 Å². The van der Waals surface area contributed by atoms with E-state index in [0.29, 0.717) is 24.5 Å². The minimum Gasteiger partial charge on any atom is -0.326 e. The van der Waals surface area contributed by atoms with Gasteiger partial charge >= 0.3 is 0 Å². The number of nitrogens with zero attached hydrogens (tertiary/aromatic N) is 4. The first kappa shape index (κ1) is 19.0. The van der Waals surface area contributed by atoms with Gasteiger partial charge in [-0.05, 0) is 50.5 Å². The van der Waals surface area contributed by atoms with E-state index in [1.807, 2.05) is 24.3 Å². The molecular formula is C20H25N5O2S. The van der Waals surface area contributed by atoms with Gasteiger partial charge in [-0.1, -0.05) is 11.8 Å². The van der Waals surface area contributed by atoms with Gasteiger partial charge in [0, 0.05) is 49.0 Å². The largest absolute Gasteiger partial charge is 0.326 e. The van der Waals surface area contributed by atoms with Crippen molar-refractivity contribution >= 4 is 35.0 Å². The first-order valence-electron chi connectivity index (χ1n) is 9.92. The highest BCUT2D eigenvalue weighted by molar-refractivity contribution is 7.99. The molecule has 4 rings (SSSR count). The van der Waals surface area contributed by atoms with Crippen LogP contribution in [0, 0.1) is 0 Å². The lowest BCUT2D eigenvalue weighted by Crippen LogP contribution is -2.23. The van der Waals surface area contributed by atoms with Gasteiger partial charge in [-0.15, -0.1) is 10.2 Å². The molecule has 28 heavy (non-hydrogen) atoms. The standard InChI is InChI=1S/C20H25N5O2S/c1-2-24-19(14-5-6-14)22-23-20(24)28-13-11-17(26)21-15-7-9-16(10-8-15)25-12-3-4-18(25)27/h7-10,14H,2-6,11-13H2,1H3,(H,21,26). The molecule has 2 fully saturated rings. The molecule has 2 aliphatic rings. The third kappa shape index (κ3) is 4.22. The SMILES string of the molecule is CCn1c(SCCC(=O)Nc2ccc(N3CCCC3=O)cc2)nnc1C1CC1. The van der Waals surface area contributed by atoms with Crippen molar-refractivity contribution in [3.05, 3.63) is 30.1 Å². The number of hydrogen-bond acceptors (Lipinski definition) is 5. The summed E-state index contributed by atoms with van der Waals surface area (Å²) in [6.45, 7) is 3.73. The van der Waals surface area contributed by atoms with Crippen molar-refractivity contribution in [2.75, 3.05) is 22.5 Å². The van der Waals surface area contributed by atoms with E-state index >= 15 is 0 Å². The molecule has 7 nitrogen and oxygen atoms in total. The van der Waals surface area contributed by atoms with E-state index in [0.717, 1.165) is 41.9 Å². The minimum atomic E-state index is -0.0255. The summed E-state index contributed by atoms with van der Waals surface area (Å²) in [6, 6.07) is 7.47. The molecule has 1 aliphatic heterocycles. The van der Waals surface area contributed by atoms with Crippen LogP contribution in [0.5, 0.6) is 0 Å². The number of aromatic nitrogens is 3. The van der Waals surface area contributed by atoms with E-state index in [1.54, 1.807) is 16.7 Å². The Morgan fingerprint density at radius 2 is 2.04 bits per heavy atom. The fourth-order valence-corrected chi connectivity index (χ4v) is 4.40. The number of carbonyl (C=O) groups excluding carboxylic acids is 2. The molecule has 2 aromatic rings. The van der Waals surface area contributed by atoms with Crippen LogP contribution in [-0.2, 0) is 16.1 Å². The zero-order valence-electron chi connectivity index (χ0n) is 16.1. The number of rotatable bonds is 8. The first-order valence-corrected chi connectivity index (χ1v) is 10.9. The van der Waals surface area contributed by atoms with E-state index in [4.69, 9.17) is 0 Å². The van der Waals surface area contributed by atoms with E-state index in [9.17, 15) is 9.59 Å². The van der Waals surface area contributed by atoms with Gasteiger partial charge in [0.05, 0.1) is 0 Å². The third-order valence-electron chi connectivity index (χ3n) is 5.10. The van der Waals surface area contributed by atoms with Crippen molar-refractivity contribution in [2.24, 2.45) is 0 Å². The molecule has 1 saturated heterocycles. The number of amides is 2. The van der Waals surface area contributed by atoms with Crippen molar-refractivity contribution in [3.63, 3.8) is 0 Å². The highest BCUT2D eigenvalue weighted by Crippen LogP contribution is 2.40. The van der Waals surface area contributed by atoms with Crippen LogP contribution in [0.3, 0.4) is 0 Å². The quantitative estimate of drug-likeness (QED) is 0.688. The second kappa shape index (κ2) is 8.34. The lowest BCUT2D eigenvalue weighted by Gasteiger charge is -2.16. The summed E-state index contributed by atoms with van der Waals surface area (Å²) in [5, 5.41) is 12.4. The van der Waals surface area contributed by atoms with Crippen LogP contribution in [0.15, 0.2) is 29.4 Å². The zero-order chi connectivity index (χ0) is 19.5. The van der Waals surface area contributed by atoms with Gasteiger partial charge in [-0.2, -0.15) is 0 Å².